The van der Waals surface area contributed by atoms with Gasteiger partial charge in [-0.15, -0.1) is 0 Å². The molecule has 1 aromatic heterocycles. The van der Waals surface area contributed by atoms with E-state index in [1.54, 1.807) is 6.07 Å². The zero-order valence-electron chi connectivity index (χ0n) is 11.2. The number of benzene rings is 1. The molecule has 0 fully saturated rings. The molecular formula is C14H17FN2O2. The summed E-state index contributed by atoms with van der Waals surface area (Å²) in [6, 6.07) is 2.89. The summed E-state index contributed by atoms with van der Waals surface area (Å²) < 4.78 is 13.9. The normalized spacial score (nSPS) is 11.2. The Labute approximate surface area is 110 Å². The smallest absolute Gasteiger partial charge is 0.338 e. The number of hydrogen-bond donors (Lipinski definition) is 3. The summed E-state index contributed by atoms with van der Waals surface area (Å²) >= 11 is 0. The van der Waals surface area contributed by atoms with Crippen molar-refractivity contribution in [2.75, 3.05) is 11.9 Å². The third kappa shape index (κ3) is 2.28. The number of hydrogen-bond acceptors (Lipinski definition) is 2. The zero-order valence-corrected chi connectivity index (χ0v) is 11.2. The monoisotopic (exact) mass is 264 g/mol. The Kier molecular flexibility index (Phi) is 3.46. The number of anilines is 1. The molecule has 102 valence electrons. The van der Waals surface area contributed by atoms with E-state index < -0.39 is 11.8 Å². The van der Waals surface area contributed by atoms with Crippen LogP contribution in [0.3, 0.4) is 0 Å². The van der Waals surface area contributed by atoms with E-state index in [1.165, 1.54) is 6.07 Å². The Bertz CT molecular complexity index is 632. The van der Waals surface area contributed by atoms with Gasteiger partial charge in [0.25, 0.3) is 0 Å². The van der Waals surface area contributed by atoms with Crippen LogP contribution >= 0.6 is 0 Å². The van der Waals surface area contributed by atoms with Crippen LogP contribution in [0.1, 0.15) is 42.7 Å². The van der Waals surface area contributed by atoms with Crippen molar-refractivity contribution < 1.29 is 14.3 Å². The van der Waals surface area contributed by atoms with Gasteiger partial charge in [0.2, 0.25) is 0 Å². The van der Waals surface area contributed by atoms with Gasteiger partial charge in [0.1, 0.15) is 5.82 Å². The van der Waals surface area contributed by atoms with Gasteiger partial charge in [-0.05, 0) is 25.0 Å². The van der Waals surface area contributed by atoms with Crippen LogP contribution in [0.4, 0.5) is 10.1 Å². The standard InChI is InChI=1S/C14H17FN2O2/c1-4-16-11-6-10-8(5-9(11)15)12(14(18)19)13(17-10)7(2)3/h5-7,16-17H,4H2,1-3H3,(H,18,19). The van der Waals surface area contributed by atoms with Crippen LogP contribution in [-0.4, -0.2) is 22.6 Å². The lowest BCUT2D eigenvalue weighted by Gasteiger charge is -2.05. The second-order valence-electron chi connectivity index (χ2n) is 4.78. The molecule has 1 heterocycles. The number of rotatable bonds is 4. The van der Waals surface area contributed by atoms with E-state index in [9.17, 15) is 14.3 Å². The summed E-state index contributed by atoms with van der Waals surface area (Å²) in [5.74, 6) is -1.44. The van der Waals surface area contributed by atoms with Crippen LogP contribution in [0.2, 0.25) is 0 Å². The van der Waals surface area contributed by atoms with Crippen LogP contribution < -0.4 is 5.32 Å². The molecule has 0 radical (unpaired) electrons. The number of fused-ring (bicyclic) bond motifs is 1. The second kappa shape index (κ2) is 4.91. The van der Waals surface area contributed by atoms with Crippen LogP contribution in [0, 0.1) is 5.82 Å². The van der Waals surface area contributed by atoms with E-state index in [4.69, 9.17) is 0 Å². The number of aromatic nitrogens is 1. The zero-order chi connectivity index (χ0) is 14.2. The van der Waals surface area contributed by atoms with Gasteiger partial charge in [0.15, 0.2) is 0 Å². The number of carboxylic acid groups (broad SMARTS) is 1. The van der Waals surface area contributed by atoms with Gasteiger partial charge >= 0.3 is 5.97 Å². The lowest BCUT2D eigenvalue weighted by Crippen LogP contribution is -2.02. The first kappa shape index (κ1) is 13.4. The van der Waals surface area contributed by atoms with Crippen molar-refractivity contribution in [3.8, 4) is 0 Å². The Morgan fingerprint density at radius 1 is 1.47 bits per heavy atom. The molecule has 0 spiro atoms. The predicted octanol–water partition coefficient (Wildman–Crippen LogP) is 3.56. The van der Waals surface area contributed by atoms with Crippen LogP contribution in [0.15, 0.2) is 12.1 Å². The number of H-pyrrole nitrogens is 1. The van der Waals surface area contributed by atoms with Crippen molar-refractivity contribution in [1.82, 2.24) is 4.98 Å². The number of aromatic amines is 1. The maximum Gasteiger partial charge on any atom is 0.338 e. The van der Waals surface area contributed by atoms with E-state index in [0.29, 0.717) is 28.8 Å². The number of aromatic carboxylic acids is 1. The predicted molar refractivity (Wildman–Crippen MR) is 73.5 cm³/mol. The molecule has 0 aliphatic carbocycles. The molecule has 0 aliphatic rings. The minimum absolute atomic E-state index is 0.0316. The quantitative estimate of drug-likeness (QED) is 0.791. The Balaban J connectivity index is 2.73. The maximum atomic E-state index is 13.9. The van der Waals surface area contributed by atoms with Crippen molar-refractivity contribution in [3.05, 3.63) is 29.2 Å². The summed E-state index contributed by atoms with van der Waals surface area (Å²) in [4.78, 5) is 14.4. The number of carbonyl (C=O) groups is 1. The number of nitrogens with one attached hydrogen (secondary N) is 2. The van der Waals surface area contributed by atoms with Crippen LogP contribution in [-0.2, 0) is 0 Å². The molecule has 5 heteroatoms. The number of halogens is 1. The molecule has 19 heavy (non-hydrogen) atoms. The molecule has 0 bridgehead atoms. The van der Waals surface area contributed by atoms with Gasteiger partial charge in [-0.2, -0.15) is 0 Å². The molecule has 0 saturated heterocycles. The Hall–Kier alpha value is -2.04. The van der Waals surface area contributed by atoms with Crippen LogP contribution in [0.5, 0.6) is 0 Å². The highest BCUT2D eigenvalue weighted by Crippen LogP contribution is 2.31. The highest BCUT2D eigenvalue weighted by Gasteiger charge is 2.21. The van der Waals surface area contributed by atoms with E-state index in [1.807, 2.05) is 20.8 Å². The van der Waals surface area contributed by atoms with Crippen molar-refractivity contribution >= 4 is 22.6 Å². The number of carboxylic acids is 1. The van der Waals surface area contributed by atoms with Crippen molar-refractivity contribution in [3.63, 3.8) is 0 Å². The summed E-state index contributed by atoms with van der Waals surface area (Å²) in [6.07, 6.45) is 0. The van der Waals surface area contributed by atoms with Crippen molar-refractivity contribution in [2.45, 2.75) is 26.7 Å². The highest BCUT2D eigenvalue weighted by atomic mass is 19.1. The fourth-order valence-corrected chi connectivity index (χ4v) is 2.23. The Morgan fingerprint density at radius 2 is 2.16 bits per heavy atom. The van der Waals surface area contributed by atoms with Gasteiger partial charge in [-0.1, -0.05) is 13.8 Å². The van der Waals surface area contributed by atoms with Crippen molar-refractivity contribution in [2.24, 2.45) is 0 Å². The van der Waals surface area contributed by atoms with Gasteiger partial charge in [0, 0.05) is 23.1 Å². The van der Waals surface area contributed by atoms with Gasteiger partial charge < -0.3 is 15.4 Å². The van der Waals surface area contributed by atoms with Gasteiger partial charge in [-0.3, -0.25) is 0 Å². The largest absolute Gasteiger partial charge is 0.478 e. The third-order valence-corrected chi connectivity index (χ3v) is 3.07. The lowest BCUT2D eigenvalue weighted by atomic mass is 10.0. The van der Waals surface area contributed by atoms with E-state index in [2.05, 4.69) is 10.3 Å². The molecule has 0 aliphatic heterocycles. The first-order valence-corrected chi connectivity index (χ1v) is 6.28. The van der Waals surface area contributed by atoms with Crippen LogP contribution in [0.25, 0.3) is 10.9 Å². The molecule has 0 amide bonds. The summed E-state index contributed by atoms with van der Waals surface area (Å²) in [5.41, 5.74) is 1.80. The van der Waals surface area contributed by atoms with Crippen molar-refractivity contribution in [1.29, 1.82) is 0 Å². The molecule has 2 rings (SSSR count). The fraction of sp³-hybridized carbons (Fsp3) is 0.357. The summed E-state index contributed by atoms with van der Waals surface area (Å²) in [6.45, 7) is 6.28. The molecule has 0 atom stereocenters. The minimum Gasteiger partial charge on any atom is -0.478 e. The molecule has 4 nitrogen and oxygen atoms in total. The average molecular weight is 264 g/mol. The third-order valence-electron chi connectivity index (χ3n) is 3.07. The molecular weight excluding hydrogens is 247 g/mol. The molecule has 3 N–H and O–H groups in total. The second-order valence-corrected chi connectivity index (χ2v) is 4.78. The molecule has 0 saturated carbocycles. The van der Waals surface area contributed by atoms with E-state index in [0.717, 1.165) is 0 Å². The fourth-order valence-electron chi connectivity index (χ4n) is 2.23. The maximum absolute atomic E-state index is 13.9. The summed E-state index contributed by atoms with van der Waals surface area (Å²) in [5, 5.41) is 12.6. The highest BCUT2D eigenvalue weighted by molar-refractivity contribution is 6.05. The SMILES string of the molecule is CCNc1cc2[nH]c(C(C)C)c(C(=O)O)c2cc1F. The average Bonchev–Trinajstić information content (AvgIpc) is 2.68. The molecule has 0 unspecified atom stereocenters. The minimum atomic E-state index is -1.04. The Morgan fingerprint density at radius 3 is 2.68 bits per heavy atom. The topological polar surface area (TPSA) is 65.1 Å². The van der Waals surface area contributed by atoms with E-state index >= 15 is 0 Å². The van der Waals surface area contributed by atoms with Gasteiger partial charge in [0.05, 0.1) is 11.3 Å². The first-order valence-electron chi connectivity index (χ1n) is 6.28. The molecule has 1 aromatic carbocycles. The lowest BCUT2D eigenvalue weighted by molar-refractivity contribution is 0.0697. The summed E-state index contributed by atoms with van der Waals surface area (Å²) in [7, 11) is 0. The molecule has 2 aromatic rings. The van der Waals surface area contributed by atoms with E-state index in [-0.39, 0.29) is 11.5 Å². The van der Waals surface area contributed by atoms with Gasteiger partial charge in [-0.25, -0.2) is 9.18 Å². The first-order chi connectivity index (χ1) is 8.95.